The highest BCUT2D eigenvalue weighted by atomic mass is 16.3. The summed E-state index contributed by atoms with van der Waals surface area (Å²) in [4.78, 5) is 0. The first-order chi connectivity index (χ1) is 19.3. The molecule has 0 bridgehead atoms. The molecule has 2 heterocycles. The number of rotatable bonds is 4. The third-order valence-electron chi connectivity index (χ3n) is 7.47. The average molecular weight is 502 g/mol. The normalized spacial score (nSPS) is 11.6. The molecule has 8 aromatic rings. The van der Waals surface area contributed by atoms with Crippen LogP contribution in [-0.2, 0) is 0 Å². The van der Waals surface area contributed by atoms with Crippen molar-refractivity contribution in [1.29, 1.82) is 0 Å². The molecule has 0 aliphatic rings. The number of fused-ring (bicyclic) bond motifs is 6. The molecule has 184 valence electrons. The zero-order chi connectivity index (χ0) is 25.8. The summed E-state index contributed by atoms with van der Waals surface area (Å²) >= 11 is 0. The Morgan fingerprint density at radius 1 is 0.359 bits per heavy atom. The van der Waals surface area contributed by atoms with Crippen LogP contribution in [0.5, 0.6) is 0 Å². The lowest BCUT2D eigenvalue weighted by atomic mass is 10.0. The van der Waals surface area contributed by atoms with Gasteiger partial charge < -0.3 is 14.2 Å². The van der Waals surface area contributed by atoms with Crippen molar-refractivity contribution in [2.24, 2.45) is 0 Å². The Morgan fingerprint density at radius 3 is 1.28 bits per heavy atom. The molecule has 0 saturated carbocycles. The third kappa shape index (κ3) is 3.59. The van der Waals surface area contributed by atoms with Gasteiger partial charge in [0.1, 0.15) is 22.3 Å². The van der Waals surface area contributed by atoms with Gasteiger partial charge in [-0.3, -0.25) is 0 Å². The Balaban J connectivity index is 1.30. The Hall–Kier alpha value is -5.28. The Kier molecular flexibility index (Phi) is 4.82. The summed E-state index contributed by atoms with van der Waals surface area (Å²) in [6.45, 7) is 0. The lowest BCUT2D eigenvalue weighted by molar-refractivity contribution is 0.669. The molecule has 0 amide bonds. The Morgan fingerprint density at radius 2 is 0.821 bits per heavy atom. The van der Waals surface area contributed by atoms with Gasteiger partial charge in [0.25, 0.3) is 0 Å². The van der Waals surface area contributed by atoms with Crippen molar-refractivity contribution in [3.63, 3.8) is 0 Å². The van der Waals surface area contributed by atoms with Crippen molar-refractivity contribution < 1.29 is 8.83 Å². The summed E-state index contributed by atoms with van der Waals surface area (Å²) in [6, 6.07) is 46.1. The maximum Gasteiger partial charge on any atom is 0.137 e. The van der Waals surface area contributed by atoms with Crippen LogP contribution >= 0.6 is 0 Å². The van der Waals surface area contributed by atoms with E-state index in [2.05, 4.69) is 102 Å². The molecule has 0 aliphatic heterocycles. The molecule has 0 fully saturated rings. The molecule has 0 saturated heterocycles. The van der Waals surface area contributed by atoms with Gasteiger partial charge in [0, 0.05) is 10.8 Å². The Labute approximate surface area is 224 Å². The van der Waals surface area contributed by atoms with E-state index in [-0.39, 0.29) is 0 Å². The van der Waals surface area contributed by atoms with Gasteiger partial charge in [-0.15, -0.1) is 0 Å². The molecule has 0 spiro atoms. The predicted molar refractivity (Wildman–Crippen MR) is 162 cm³/mol. The van der Waals surface area contributed by atoms with E-state index in [0.717, 1.165) is 66.4 Å². The van der Waals surface area contributed by atoms with Crippen LogP contribution in [0.2, 0.25) is 0 Å². The van der Waals surface area contributed by atoms with E-state index in [4.69, 9.17) is 8.83 Å². The first-order valence-corrected chi connectivity index (χ1v) is 13.1. The molecule has 0 unspecified atom stereocenters. The van der Waals surface area contributed by atoms with E-state index < -0.39 is 0 Å². The molecule has 6 aromatic carbocycles. The van der Waals surface area contributed by atoms with Gasteiger partial charge in [-0.05, 0) is 70.8 Å². The largest absolute Gasteiger partial charge is 0.456 e. The van der Waals surface area contributed by atoms with Crippen molar-refractivity contribution >= 4 is 55.3 Å². The van der Waals surface area contributed by atoms with Gasteiger partial charge in [-0.25, -0.2) is 0 Å². The van der Waals surface area contributed by atoms with Crippen molar-refractivity contribution in [2.45, 2.75) is 0 Å². The van der Waals surface area contributed by atoms with Crippen LogP contribution in [0.4, 0.5) is 11.4 Å². The molecule has 0 aliphatic carbocycles. The molecule has 1 N–H and O–H groups in total. The fraction of sp³-hybridized carbons (Fsp3) is 0. The van der Waals surface area contributed by atoms with Gasteiger partial charge in [0.2, 0.25) is 0 Å². The van der Waals surface area contributed by atoms with E-state index >= 15 is 0 Å². The SMILES string of the molecule is c1ccc(-c2ccc3oc4cccc(Nc5cccc6oc7ccc(-c8ccccc8)cc7c56)c4c3c2)cc1. The molecular formula is C36H23NO2. The van der Waals surface area contributed by atoms with Crippen molar-refractivity contribution in [1.82, 2.24) is 0 Å². The number of anilines is 2. The predicted octanol–water partition coefficient (Wildman–Crippen LogP) is 10.6. The van der Waals surface area contributed by atoms with Crippen LogP contribution in [0.3, 0.4) is 0 Å². The summed E-state index contributed by atoms with van der Waals surface area (Å²) in [7, 11) is 0. The summed E-state index contributed by atoms with van der Waals surface area (Å²) in [5.74, 6) is 0. The minimum atomic E-state index is 0.857. The number of hydrogen-bond acceptors (Lipinski definition) is 3. The zero-order valence-electron chi connectivity index (χ0n) is 21.0. The molecule has 39 heavy (non-hydrogen) atoms. The summed E-state index contributed by atoms with van der Waals surface area (Å²) in [5, 5.41) is 8.06. The fourth-order valence-electron chi connectivity index (χ4n) is 5.63. The molecule has 0 radical (unpaired) electrons. The first-order valence-electron chi connectivity index (χ1n) is 13.1. The lowest BCUT2D eigenvalue weighted by Crippen LogP contribution is -1.91. The van der Waals surface area contributed by atoms with Crippen molar-refractivity contribution in [3.8, 4) is 22.3 Å². The number of benzene rings is 6. The van der Waals surface area contributed by atoms with Crippen molar-refractivity contribution in [2.75, 3.05) is 5.32 Å². The number of furan rings is 2. The van der Waals surface area contributed by atoms with E-state index in [1.165, 1.54) is 11.1 Å². The van der Waals surface area contributed by atoms with Crippen LogP contribution in [0, 0.1) is 0 Å². The second-order valence-electron chi connectivity index (χ2n) is 9.84. The zero-order valence-corrected chi connectivity index (χ0v) is 21.0. The molecular weight excluding hydrogens is 478 g/mol. The van der Waals surface area contributed by atoms with Crippen LogP contribution in [-0.4, -0.2) is 0 Å². The van der Waals surface area contributed by atoms with Crippen LogP contribution in [0.15, 0.2) is 142 Å². The van der Waals surface area contributed by atoms with Gasteiger partial charge in [-0.2, -0.15) is 0 Å². The van der Waals surface area contributed by atoms with Gasteiger partial charge >= 0.3 is 0 Å². The number of hydrogen-bond donors (Lipinski definition) is 1. The van der Waals surface area contributed by atoms with Crippen molar-refractivity contribution in [3.05, 3.63) is 133 Å². The maximum atomic E-state index is 6.27. The van der Waals surface area contributed by atoms with Gasteiger partial charge in [0.05, 0.1) is 22.1 Å². The van der Waals surface area contributed by atoms with E-state index in [1.807, 2.05) is 36.4 Å². The standard InChI is InChI=1S/C36H23NO2/c1-3-9-23(10-4-1)25-17-19-31-27(21-25)35-29(13-7-15-33(35)38-31)37-30-14-8-16-34-36(30)28-22-26(18-20-32(28)39-34)24-11-5-2-6-12-24/h1-22,37H. The quantitative estimate of drug-likeness (QED) is 0.261. The summed E-state index contributed by atoms with van der Waals surface area (Å²) in [6.07, 6.45) is 0. The second-order valence-corrected chi connectivity index (χ2v) is 9.84. The lowest BCUT2D eigenvalue weighted by Gasteiger charge is -2.10. The van der Waals surface area contributed by atoms with Crippen LogP contribution < -0.4 is 5.32 Å². The highest BCUT2D eigenvalue weighted by Crippen LogP contribution is 2.41. The monoisotopic (exact) mass is 501 g/mol. The highest BCUT2D eigenvalue weighted by Gasteiger charge is 2.16. The molecule has 8 rings (SSSR count). The molecule has 2 aromatic heterocycles. The minimum Gasteiger partial charge on any atom is -0.456 e. The second kappa shape index (κ2) is 8.64. The van der Waals surface area contributed by atoms with E-state index in [0.29, 0.717) is 0 Å². The average Bonchev–Trinajstić information content (AvgIpc) is 3.56. The van der Waals surface area contributed by atoms with Crippen LogP contribution in [0.1, 0.15) is 0 Å². The number of nitrogens with one attached hydrogen (secondary N) is 1. The first kappa shape index (κ1) is 21.8. The molecule has 3 nitrogen and oxygen atoms in total. The maximum absolute atomic E-state index is 6.27. The minimum absolute atomic E-state index is 0.857. The van der Waals surface area contributed by atoms with Gasteiger partial charge in [0.15, 0.2) is 0 Å². The molecule has 3 heteroatoms. The smallest absolute Gasteiger partial charge is 0.137 e. The van der Waals surface area contributed by atoms with Gasteiger partial charge in [-0.1, -0.05) is 84.9 Å². The van der Waals surface area contributed by atoms with Crippen LogP contribution in [0.25, 0.3) is 66.1 Å². The summed E-state index contributed by atoms with van der Waals surface area (Å²) < 4.78 is 12.5. The topological polar surface area (TPSA) is 38.3 Å². The Bertz CT molecular complexity index is 1980. The fourth-order valence-corrected chi connectivity index (χ4v) is 5.63. The van der Waals surface area contributed by atoms with E-state index in [1.54, 1.807) is 0 Å². The third-order valence-corrected chi connectivity index (χ3v) is 7.47. The summed E-state index contributed by atoms with van der Waals surface area (Å²) in [5.41, 5.74) is 10.2. The highest BCUT2D eigenvalue weighted by molar-refractivity contribution is 6.16. The molecule has 0 atom stereocenters. The van der Waals surface area contributed by atoms with E-state index in [9.17, 15) is 0 Å².